The highest BCUT2D eigenvalue weighted by molar-refractivity contribution is 9.10. The van der Waals surface area contributed by atoms with E-state index in [0.717, 1.165) is 0 Å². The molecule has 27 heavy (non-hydrogen) atoms. The molecule has 0 saturated heterocycles. The van der Waals surface area contributed by atoms with Crippen LogP contribution < -0.4 is 20.1 Å². The third-order valence-electron chi connectivity index (χ3n) is 3.35. The van der Waals surface area contributed by atoms with Gasteiger partial charge in [0.05, 0.1) is 19.2 Å². The number of methoxy groups -OCH3 is 1. The number of carbonyl (C=O) groups is 2. The van der Waals surface area contributed by atoms with Crippen LogP contribution in [-0.4, -0.2) is 32.1 Å². The van der Waals surface area contributed by atoms with Gasteiger partial charge in [-0.1, -0.05) is 17.9 Å². The van der Waals surface area contributed by atoms with E-state index in [1.165, 1.54) is 6.92 Å². The molecule has 0 heterocycles. The van der Waals surface area contributed by atoms with E-state index in [1.807, 2.05) is 0 Å². The first kappa shape index (κ1) is 20.3. The van der Waals surface area contributed by atoms with Gasteiger partial charge in [0.2, 0.25) is 5.91 Å². The second-order valence-corrected chi connectivity index (χ2v) is 6.23. The lowest BCUT2D eigenvalue weighted by Crippen LogP contribution is -2.24. The van der Waals surface area contributed by atoms with Crippen LogP contribution in [0.5, 0.6) is 11.5 Å². The Balaban J connectivity index is 1.81. The minimum absolute atomic E-state index is 0.148. The molecule has 6 nitrogen and oxygen atoms in total. The molecule has 0 fully saturated rings. The van der Waals surface area contributed by atoms with Crippen molar-refractivity contribution in [2.75, 3.05) is 25.6 Å². The van der Waals surface area contributed by atoms with Crippen LogP contribution in [-0.2, 0) is 4.79 Å². The number of rotatable bonds is 6. The van der Waals surface area contributed by atoms with E-state index in [9.17, 15) is 9.59 Å². The largest absolute Gasteiger partial charge is 0.497 e. The standard InChI is InChI=1S/C20H19BrN2O4/c1-14(24)23-15-6-5-7-17(12-15)27-11-4-3-10-22-20(25)18-13-16(26-2)8-9-19(18)21/h5-9,12-13H,10-11H2,1-2H3,(H,22,25)(H,23,24). The molecule has 0 spiro atoms. The number of anilines is 1. The van der Waals surface area contributed by atoms with Gasteiger partial charge in [-0.3, -0.25) is 9.59 Å². The molecule has 0 saturated carbocycles. The normalized spacial score (nSPS) is 9.59. The number of benzene rings is 2. The van der Waals surface area contributed by atoms with Crippen molar-refractivity contribution in [3.8, 4) is 23.3 Å². The van der Waals surface area contributed by atoms with Crippen LogP contribution in [0.25, 0.3) is 0 Å². The number of hydrogen-bond donors (Lipinski definition) is 2. The number of carbonyl (C=O) groups excluding carboxylic acids is 2. The van der Waals surface area contributed by atoms with Crippen LogP contribution in [0.3, 0.4) is 0 Å². The van der Waals surface area contributed by atoms with Gasteiger partial charge in [-0.15, -0.1) is 0 Å². The van der Waals surface area contributed by atoms with Crippen molar-refractivity contribution in [2.45, 2.75) is 6.92 Å². The summed E-state index contributed by atoms with van der Waals surface area (Å²) in [7, 11) is 1.54. The number of nitrogens with one attached hydrogen (secondary N) is 2. The summed E-state index contributed by atoms with van der Waals surface area (Å²) in [4.78, 5) is 23.2. The van der Waals surface area contributed by atoms with E-state index >= 15 is 0 Å². The molecule has 2 amide bonds. The first-order valence-electron chi connectivity index (χ1n) is 8.07. The Hall–Kier alpha value is -2.98. The Bertz CT molecular complexity index is 887. The quantitative estimate of drug-likeness (QED) is 0.689. The smallest absolute Gasteiger partial charge is 0.253 e. The van der Waals surface area contributed by atoms with Gasteiger partial charge in [-0.25, -0.2) is 0 Å². The first-order valence-corrected chi connectivity index (χ1v) is 8.87. The van der Waals surface area contributed by atoms with Crippen molar-refractivity contribution in [3.05, 3.63) is 52.5 Å². The Morgan fingerprint density at radius 1 is 1.11 bits per heavy atom. The molecule has 0 atom stereocenters. The van der Waals surface area contributed by atoms with Crippen LogP contribution in [0.1, 0.15) is 17.3 Å². The molecule has 140 valence electrons. The third kappa shape index (κ3) is 6.68. The molecule has 0 aliphatic heterocycles. The number of ether oxygens (including phenoxy) is 2. The maximum atomic E-state index is 12.2. The lowest BCUT2D eigenvalue weighted by atomic mass is 10.2. The highest BCUT2D eigenvalue weighted by atomic mass is 79.9. The molecular formula is C20H19BrN2O4. The summed E-state index contributed by atoms with van der Waals surface area (Å²) >= 11 is 3.34. The van der Waals surface area contributed by atoms with Crippen molar-refractivity contribution < 1.29 is 19.1 Å². The average Bonchev–Trinajstić information content (AvgIpc) is 2.64. The monoisotopic (exact) mass is 430 g/mol. The Morgan fingerprint density at radius 2 is 1.93 bits per heavy atom. The highest BCUT2D eigenvalue weighted by Gasteiger charge is 2.10. The lowest BCUT2D eigenvalue weighted by Gasteiger charge is -2.07. The fourth-order valence-corrected chi connectivity index (χ4v) is 2.55. The second kappa shape index (κ2) is 10.2. The maximum Gasteiger partial charge on any atom is 0.253 e. The molecule has 2 aromatic carbocycles. The van der Waals surface area contributed by atoms with E-state index in [1.54, 1.807) is 49.6 Å². The SMILES string of the molecule is COc1ccc(Br)c(C(=O)NCC#CCOc2cccc(NC(C)=O)c2)c1. The second-order valence-electron chi connectivity index (χ2n) is 5.38. The molecule has 0 bridgehead atoms. The van der Waals surface area contributed by atoms with Gasteiger partial charge in [0.25, 0.3) is 5.91 Å². The van der Waals surface area contributed by atoms with Gasteiger partial charge in [0.1, 0.15) is 18.1 Å². The predicted octanol–water partition coefficient (Wildman–Crippen LogP) is 3.23. The van der Waals surface area contributed by atoms with Crippen LogP contribution in [0.15, 0.2) is 46.9 Å². The van der Waals surface area contributed by atoms with Gasteiger partial charge < -0.3 is 20.1 Å². The van der Waals surface area contributed by atoms with Crippen molar-refractivity contribution in [2.24, 2.45) is 0 Å². The van der Waals surface area contributed by atoms with Crippen LogP contribution in [0, 0.1) is 11.8 Å². The molecule has 0 aliphatic carbocycles. The molecule has 0 unspecified atom stereocenters. The van der Waals surface area contributed by atoms with Gasteiger partial charge in [-0.05, 0) is 46.3 Å². The van der Waals surface area contributed by atoms with Gasteiger partial charge >= 0.3 is 0 Å². The molecule has 0 aliphatic rings. The van der Waals surface area contributed by atoms with Crippen LogP contribution in [0.4, 0.5) is 5.69 Å². The van der Waals surface area contributed by atoms with Gasteiger partial charge in [-0.2, -0.15) is 0 Å². The third-order valence-corrected chi connectivity index (χ3v) is 4.04. The molecule has 0 radical (unpaired) electrons. The fraction of sp³-hybridized carbons (Fsp3) is 0.200. The van der Waals surface area contributed by atoms with Crippen molar-refractivity contribution in [3.63, 3.8) is 0 Å². The Morgan fingerprint density at radius 3 is 2.67 bits per heavy atom. The van der Waals surface area contributed by atoms with Gasteiger partial charge in [0, 0.05) is 23.2 Å². The molecule has 2 aromatic rings. The van der Waals surface area contributed by atoms with Crippen LogP contribution in [0.2, 0.25) is 0 Å². The minimum atomic E-state index is -0.251. The van der Waals surface area contributed by atoms with E-state index in [4.69, 9.17) is 9.47 Å². The summed E-state index contributed by atoms with van der Waals surface area (Å²) < 4.78 is 11.3. The molecule has 2 N–H and O–H groups in total. The zero-order valence-electron chi connectivity index (χ0n) is 15.0. The summed E-state index contributed by atoms with van der Waals surface area (Å²) in [6.45, 7) is 1.80. The Kier molecular flexibility index (Phi) is 7.71. The number of hydrogen-bond acceptors (Lipinski definition) is 4. The van der Waals surface area contributed by atoms with E-state index in [-0.39, 0.29) is 25.0 Å². The van der Waals surface area contributed by atoms with Crippen molar-refractivity contribution in [1.29, 1.82) is 0 Å². The zero-order valence-corrected chi connectivity index (χ0v) is 16.6. The summed E-state index contributed by atoms with van der Waals surface area (Å²) in [6.07, 6.45) is 0. The summed E-state index contributed by atoms with van der Waals surface area (Å²) in [5.74, 6) is 6.45. The number of amides is 2. The average molecular weight is 431 g/mol. The van der Waals surface area contributed by atoms with E-state index in [0.29, 0.717) is 27.2 Å². The van der Waals surface area contributed by atoms with Crippen molar-refractivity contribution >= 4 is 33.4 Å². The lowest BCUT2D eigenvalue weighted by molar-refractivity contribution is -0.114. The van der Waals surface area contributed by atoms with Gasteiger partial charge in [0.15, 0.2) is 0 Å². The molecule has 2 rings (SSSR count). The Labute approximate surface area is 166 Å². The highest BCUT2D eigenvalue weighted by Crippen LogP contribution is 2.22. The molecule has 0 aromatic heterocycles. The molecule has 7 heteroatoms. The topological polar surface area (TPSA) is 76.7 Å². The predicted molar refractivity (Wildman–Crippen MR) is 107 cm³/mol. The molecular weight excluding hydrogens is 412 g/mol. The van der Waals surface area contributed by atoms with Crippen molar-refractivity contribution in [1.82, 2.24) is 5.32 Å². The minimum Gasteiger partial charge on any atom is -0.497 e. The maximum absolute atomic E-state index is 12.2. The van der Waals surface area contributed by atoms with Crippen LogP contribution >= 0.6 is 15.9 Å². The first-order chi connectivity index (χ1) is 13.0. The summed E-state index contributed by atoms with van der Waals surface area (Å²) in [6, 6.07) is 12.2. The summed E-state index contributed by atoms with van der Waals surface area (Å²) in [5, 5.41) is 5.40. The number of halogens is 1. The zero-order chi connectivity index (χ0) is 19.6. The van der Waals surface area contributed by atoms with E-state index in [2.05, 4.69) is 38.4 Å². The fourth-order valence-electron chi connectivity index (χ4n) is 2.12. The summed E-state index contributed by atoms with van der Waals surface area (Å²) in [5.41, 5.74) is 1.13. The van der Waals surface area contributed by atoms with E-state index < -0.39 is 0 Å².